The van der Waals surface area contributed by atoms with Gasteiger partial charge in [0.25, 0.3) is 0 Å². The molecule has 3 aromatic rings. The number of rotatable bonds is 7. The Morgan fingerprint density at radius 2 is 1.69 bits per heavy atom. The van der Waals surface area contributed by atoms with Crippen molar-refractivity contribution in [1.29, 1.82) is 0 Å². The Hall–Kier alpha value is -3.84. The largest absolute Gasteiger partial charge is 0.449 e. The molecule has 32 heavy (non-hydrogen) atoms. The molecule has 0 heterocycles. The van der Waals surface area contributed by atoms with E-state index in [-0.39, 0.29) is 19.1 Å². The SMILES string of the molecule is [N-]=[N+]=Nc1cccc(C(O)C(O)CNC(=O)OCC2c3ccccc3-c3ccccc32)c1. The normalized spacial score (nSPS) is 13.9. The molecule has 0 saturated carbocycles. The molecule has 162 valence electrons. The lowest BCUT2D eigenvalue weighted by Gasteiger charge is -2.19. The number of aliphatic hydroxyl groups is 2. The maximum atomic E-state index is 12.2. The van der Waals surface area contributed by atoms with Gasteiger partial charge in [-0.05, 0) is 39.4 Å². The molecule has 1 amide bonds. The average molecular weight is 430 g/mol. The van der Waals surface area contributed by atoms with E-state index >= 15 is 0 Å². The van der Waals surface area contributed by atoms with Gasteiger partial charge in [0.05, 0.1) is 0 Å². The fourth-order valence-electron chi connectivity index (χ4n) is 3.99. The quantitative estimate of drug-likeness (QED) is 0.288. The molecule has 1 aliphatic rings. The molecule has 0 saturated heterocycles. The molecule has 8 heteroatoms. The molecule has 0 fully saturated rings. The zero-order valence-corrected chi connectivity index (χ0v) is 17.1. The van der Waals surface area contributed by atoms with Crippen LogP contribution in [-0.2, 0) is 4.74 Å². The van der Waals surface area contributed by atoms with Gasteiger partial charge in [-0.3, -0.25) is 0 Å². The molecule has 1 aliphatic carbocycles. The predicted octanol–water partition coefficient (Wildman–Crippen LogP) is 4.56. The van der Waals surface area contributed by atoms with Crippen LogP contribution in [0.25, 0.3) is 21.6 Å². The lowest BCUT2D eigenvalue weighted by Crippen LogP contribution is -2.36. The first kappa shape index (κ1) is 21.4. The summed E-state index contributed by atoms with van der Waals surface area (Å²) in [5.41, 5.74) is 13.7. The highest BCUT2D eigenvalue weighted by Gasteiger charge is 2.29. The smallest absolute Gasteiger partial charge is 0.407 e. The minimum Gasteiger partial charge on any atom is -0.449 e. The van der Waals surface area contributed by atoms with Gasteiger partial charge in [-0.25, -0.2) is 4.79 Å². The van der Waals surface area contributed by atoms with Gasteiger partial charge in [-0.1, -0.05) is 71.8 Å². The van der Waals surface area contributed by atoms with Gasteiger partial charge >= 0.3 is 6.09 Å². The molecule has 2 atom stereocenters. The Morgan fingerprint density at radius 1 is 1.03 bits per heavy atom. The number of carbonyl (C=O) groups is 1. The summed E-state index contributed by atoms with van der Waals surface area (Å²) in [6, 6.07) is 22.3. The number of alkyl carbamates (subject to hydrolysis) is 1. The predicted molar refractivity (Wildman–Crippen MR) is 119 cm³/mol. The fraction of sp³-hybridized carbons (Fsp3) is 0.208. The highest BCUT2D eigenvalue weighted by molar-refractivity contribution is 5.79. The van der Waals surface area contributed by atoms with Crippen molar-refractivity contribution in [2.45, 2.75) is 18.1 Å². The number of azide groups is 1. The van der Waals surface area contributed by atoms with Gasteiger partial charge < -0.3 is 20.3 Å². The van der Waals surface area contributed by atoms with Gasteiger partial charge in [0.15, 0.2) is 0 Å². The number of amides is 1. The van der Waals surface area contributed by atoms with E-state index in [1.807, 2.05) is 36.4 Å². The molecular formula is C24H22N4O4. The van der Waals surface area contributed by atoms with E-state index in [9.17, 15) is 15.0 Å². The number of nitrogens with one attached hydrogen (secondary N) is 1. The summed E-state index contributed by atoms with van der Waals surface area (Å²) in [6.45, 7) is -0.0453. The third kappa shape index (κ3) is 4.43. The topological polar surface area (TPSA) is 128 Å². The summed E-state index contributed by atoms with van der Waals surface area (Å²) in [5.74, 6) is -0.0629. The van der Waals surface area contributed by atoms with Crippen molar-refractivity contribution < 1.29 is 19.7 Å². The zero-order valence-electron chi connectivity index (χ0n) is 17.1. The number of carbonyl (C=O) groups excluding carboxylic acids is 1. The number of hydrogen-bond donors (Lipinski definition) is 3. The van der Waals surface area contributed by atoms with E-state index in [2.05, 4.69) is 27.5 Å². The van der Waals surface area contributed by atoms with E-state index in [1.54, 1.807) is 18.2 Å². The molecule has 0 aliphatic heterocycles. The van der Waals surface area contributed by atoms with Gasteiger partial charge in [-0.15, -0.1) is 0 Å². The summed E-state index contributed by atoms with van der Waals surface area (Å²) in [4.78, 5) is 14.9. The minimum atomic E-state index is -1.27. The van der Waals surface area contributed by atoms with E-state index in [4.69, 9.17) is 10.3 Å². The standard InChI is InChI=1S/C24H22N4O4/c25-28-27-16-7-5-6-15(12-16)23(30)22(29)13-26-24(31)32-14-21-19-10-3-1-8-17(19)18-9-2-4-11-20(18)21/h1-12,21-23,29-30H,13-14H2,(H,26,31). The number of fused-ring (bicyclic) bond motifs is 3. The second-order valence-corrected chi connectivity index (χ2v) is 7.50. The average Bonchev–Trinajstić information content (AvgIpc) is 3.15. The summed E-state index contributed by atoms with van der Waals surface area (Å²) in [6.07, 6.45) is -3.21. The molecule has 0 spiro atoms. The van der Waals surface area contributed by atoms with Crippen molar-refractivity contribution >= 4 is 11.8 Å². The fourth-order valence-corrected chi connectivity index (χ4v) is 3.99. The number of hydrogen-bond acceptors (Lipinski definition) is 5. The summed E-state index contributed by atoms with van der Waals surface area (Å²) in [7, 11) is 0. The molecule has 8 nitrogen and oxygen atoms in total. The van der Waals surface area contributed by atoms with Crippen LogP contribution in [-0.4, -0.2) is 35.6 Å². The molecule has 0 bridgehead atoms. The van der Waals surface area contributed by atoms with Gasteiger partial charge in [0.2, 0.25) is 0 Å². The van der Waals surface area contributed by atoms with E-state index in [1.165, 1.54) is 6.07 Å². The lowest BCUT2D eigenvalue weighted by molar-refractivity contribution is 0.0186. The van der Waals surface area contributed by atoms with Crippen LogP contribution in [0.1, 0.15) is 28.7 Å². The first-order valence-corrected chi connectivity index (χ1v) is 10.2. The van der Waals surface area contributed by atoms with E-state index < -0.39 is 18.3 Å². The Morgan fingerprint density at radius 3 is 2.34 bits per heavy atom. The molecule has 2 unspecified atom stereocenters. The number of benzene rings is 3. The van der Waals surface area contributed by atoms with Crippen molar-refractivity contribution in [2.24, 2.45) is 5.11 Å². The summed E-state index contributed by atoms with van der Waals surface area (Å²) in [5, 5.41) is 26.6. The maximum absolute atomic E-state index is 12.2. The van der Waals surface area contributed by atoms with Crippen molar-refractivity contribution in [3.8, 4) is 11.1 Å². The zero-order chi connectivity index (χ0) is 22.5. The first-order chi connectivity index (χ1) is 15.6. The minimum absolute atomic E-state index is 0.0629. The van der Waals surface area contributed by atoms with Crippen molar-refractivity contribution in [1.82, 2.24) is 5.32 Å². The van der Waals surface area contributed by atoms with Crippen molar-refractivity contribution in [3.63, 3.8) is 0 Å². The molecule has 3 aromatic carbocycles. The number of aliphatic hydroxyl groups excluding tert-OH is 2. The van der Waals surface area contributed by atoms with Gasteiger partial charge in [0.1, 0.15) is 18.8 Å². The lowest BCUT2D eigenvalue weighted by atomic mass is 9.98. The molecule has 0 radical (unpaired) electrons. The van der Waals surface area contributed by atoms with Crippen LogP contribution < -0.4 is 5.32 Å². The Kier molecular flexibility index (Phi) is 6.37. The van der Waals surface area contributed by atoms with Crippen LogP contribution in [0, 0.1) is 0 Å². The second-order valence-electron chi connectivity index (χ2n) is 7.50. The monoisotopic (exact) mass is 430 g/mol. The van der Waals surface area contributed by atoms with Crippen LogP contribution in [0.3, 0.4) is 0 Å². The number of ether oxygens (including phenoxy) is 1. The van der Waals surface area contributed by atoms with E-state index in [0.29, 0.717) is 11.3 Å². The van der Waals surface area contributed by atoms with Crippen LogP contribution >= 0.6 is 0 Å². The highest BCUT2D eigenvalue weighted by atomic mass is 16.5. The van der Waals surface area contributed by atoms with Crippen LogP contribution in [0.15, 0.2) is 77.9 Å². The van der Waals surface area contributed by atoms with Crippen LogP contribution in [0.2, 0.25) is 0 Å². The summed E-state index contributed by atoms with van der Waals surface area (Å²) < 4.78 is 5.43. The van der Waals surface area contributed by atoms with Crippen molar-refractivity contribution in [2.75, 3.05) is 13.2 Å². The Balaban J connectivity index is 1.34. The third-order valence-corrected chi connectivity index (χ3v) is 5.54. The van der Waals surface area contributed by atoms with E-state index in [0.717, 1.165) is 22.3 Å². The molecule has 4 rings (SSSR count). The third-order valence-electron chi connectivity index (χ3n) is 5.54. The Labute approximate surface area is 184 Å². The molecule has 3 N–H and O–H groups in total. The van der Waals surface area contributed by atoms with Gasteiger partial charge in [0, 0.05) is 23.1 Å². The van der Waals surface area contributed by atoms with Crippen molar-refractivity contribution in [3.05, 3.63) is 99.9 Å². The van der Waals surface area contributed by atoms with Gasteiger partial charge in [-0.2, -0.15) is 0 Å². The molecule has 0 aromatic heterocycles. The summed E-state index contributed by atoms with van der Waals surface area (Å²) >= 11 is 0. The van der Waals surface area contributed by atoms with Crippen LogP contribution in [0.5, 0.6) is 0 Å². The van der Waals surface area contributed by atoms with Crippen LogP contribution in [0.4, 0.5) is 10.5 Å². The second kappa shape index (κ2) is 9.53. The Bertz CT molecular complexity index is 1130. The number of nitrogens with zero attached hydrogens (tertiary/aromatic N) is 3. The molecular weight excluding hydrogens is 408 g/mol. The maximum Gasteiger partial charge on any atom is 0.407 e. The highest BCUT2D eigenvalue weighted by Crippen LogP contribution is 2.44. The first-order valence-electron chi connectivity index (χ1n) is 10.2.